The summed E-state index contributed by atoms with van der Waals surface area (Å²) in [5.74, 6) is -0.0168. The van der Waals surface area contributed by atoms with E-state index in [0.29, 0.717) is 38.0 Å². The molecule has 2 amide bonds. The number of alkyl carbamates (subject to hydrolysis) is 1. The van der Waals surface area contributed by atoms with Crippen molar-refractivity contribution in [1.29, 1.82) is 0 Å². The van der Waals surface area contributed by atoms with Gasteiger partial charge in [0, 0.05) is 37.0 Å². The predicted octanol–water partition coefficient (Wildman–Crippen LogP) is 6.62. The minimum atomic E-state index is -0.561. The van der Waals surface area contributed by atoms with Crippen molar-refractivity contribution in [3.05, 3.63) is 107 Å². The molecule has 0 bridgehead atoms. The molecule has 0 atom stereocenters. The average molecular weight is 565 g/mol. The Bertz CT molecular complexity index is 1540. The number of ether oxygens (including phenoxy) is 1. The fourth-order valence-corrected chi connectivity index (χ4v) is 5.27. The molecule has 4 aromatic rings. The number of fused-ring (bicyclic) bond motifs is 1. The highest BCUT2D eigenvalue weighted by Gasteiger charge is 2.49. The van der Waals surface area contributed by atoms with Crippen molar-refractivity contribution < 1.29 is 14.3 Å². The van der Waals surface area contributed by atoms with Crippen LogP contribution in [0, 0.1) is 6.92 Å². The summed E-state index contributed by atoms with van der Waals surface area (Å²) in [6.07, 6.45) is 2.72. The lowest BCUT2D eigenvalue weighted by molar-refractivity contribution is 0.0525. The highest BCUT2D eigenvalue weighted by atomic mass is 16.6. The van der Waals surface area contributed by atoms with Gasteiger partial charge in [0.15, 0.2) is 0 Å². The minimum Gasteiger partial charge on any atom is -0.444 e. The van der Waals surface area contributed by atoms with Gasteiger partial charge in [-0.2, -0.15) is 0 Å². The van der Waals surface area contributed by atoms with E-state index >= 15 is 0 Å². The van der Waals surface area contributed by atoms with Crippen molar-refractivity contribution in [3.63, 3.8) is 0 Å². The number of rotatable bonds is 10. The maximum Gasteiger partial charge on any atom is 0.407 e. The van der Waals surface area contributed by atoms with Gasteiger partial charge in [0.05, 0.1) is 22.4 Å². The van der Waals surface area contributed by atoms with Gasteiger partial charge in [0.25, 0.3) is 5.91 Å². The molecule has 0 saturated heterocycles. The molecule has 0 unspecified atom stereocenters. The summed E-state index contributed by atoms with van der Waals surface area (Å²) in [6, 6.07) is 26.0. The summed E-state index contributed by atoms with van der Waals surface area (Å²) in [4.78, 5) is 38.3. The molecule has 0 aliphatic heterocycles. The Kier molecular flexibility index (Phi) is 8.57. The lowest BCUT2D eigenvalue weighted by atomic mass is 9.95. The second kappa shape index (κ2) is 12.3. The number of carbonyl (C=O) groups excluding carboxylic acids is 2. The number of aryl methyl sites for hydroxylation is 1. The van der Waals surface area contributed by atoms with E-state index in [1.165, 1.54) is 5.56 Å². The molecule has 1 aromatic heterocycles. The van der Waals surface area contributed by atoms with E-state index in [-0.39, 0.29) is 11.3 Å². The predicted molar refractivity (Wildman–Crippen MR) is 166 cm³/mol. The Hall–Kier alpha value is -4.26. The third kappa shape index (κ3) is 7.32. The van der Waals surface area contributed by atoms with Crippen molar-refractivity contribution in [2.45, 2.75) is 64.4 Å². The Balaban J connectivity index is 1.41. The molecule has 1 fully saturated rings. The molecule has 7 nitrogen and oxygen atoms in total. The van der Waals surface area contributed by atoms with Crippen molar-refractivity contribution in [1.82, 2.24) is 20.2 Å². The second-order valence-corrected chi connectivity index (χ2v) is 12.3. The Morgan fingerprint density at radius 1 is 0.905 bits per heavy atom. The van der Waals surface area contributed by atoms with Crippen LogP contribution in [0.1, 0.15) is 72.9 Å². The fourth-order valence-electron chi connectivity index (χ4n) is 5.27. The molecule has 1 N–H and O–H groups in total. The molecule has 218 valence electrons. The van der Waals surface area contributed by atoms with Crippen LogP contribution in [-0.2, 0) is 16.6 Å². The second-order valence-electron chi connectivity index (χ2n) is 12.3. The third-order valence-corrected chi connectivity index (χ3v) is 7.57. The summed E-state index contributed by atoms with van der Waals surface area (Å²) >= 11 is 0. The smallest absolute Gasteiger partial charge is 0.407 e. The van der Waals surface area contributed by atoms with Crippen molar-refractivity contribution in [3.8, 4) is 0 Å². The quantitative estimate of drug-likeness (QED) is 0.219. The van der Waals surface area contributed by atoms with Crippen LogP contribution in [0.3, 0.4) is 0 Å². The molecule has 42 heavy (non-hydrogen) atoms. The van der Waals surface area contributed by atoms with Crippen LogP contribution in [0.25, 0.3) is 11.0 Å². The van der Waals surface area contributed by atoms with Crippen LogP contribution in [0.2, 0.25) is 0 Å². The SMILES string of the molecule is Cc1ccc(C(=O)N(CCCNC(=O)OC(C)(C)C)CC2(c3nc4ccccc4nc3Cc3ccccc3)CC2)cc1. The largest absolute Gasteiger partial charge is 0.444 e. The van der Waals surface area contributed by atoms with Crippen LogP contribution < -0.4 is 5.32 Å². The highest BCUT2D eigenvalue weighted by Crippen LogP contribution is 2.49. The van der Waals surface area contributed by atoms with E-state index in [9.17, 15) is 9.59 Å². The van der Waals surface area contributed by atoms with E-state index in [1.54, 1.807) is 0 Å². The van der Waals surface area contributed by atoms with E-state index in [2.05, 4.69) is 17.4 Å². The Labute approximate surface area is 248 Å². The van der Waals surface area contributed by atoms with E-state index in [1.807, 2.05) is 99.3 Å². The average Bonchev–Trinajstić information content (AvgIpc) is 3.74. The summed E-state index contributed by atoms with van der Waals surface area (Å²) in [6.45, 7) is 8.98. The molecule has 7 heteroatoms. The van der Waals surface area contributed by atoms with Crippen LogP contribution in [0.4, 0.5) is 4.79 Å². The molecule has 5 rings (SSSR count). The first-order chi connectivity index (χ1) is 20.1. The zero-order chi connectivity index (χ0) is 29.7. The highest BCUT2D eigenvalue weighted by molar-refractivity contribution is 5.94. The van der Waals surface area contributed by atoms with Crippen molar-refractivity contribution in [2.75, 3.05) is 19.6 Å². The maximum absolute atomic E-state index is 13.9. The minimum absolute atomic E-state index is 0.0168. The van der Waals surface area contributed by atoms with Gasteiger partial charge >= 0.3 is 6.09 Å². The van der Waals surface area contributed by atoms with Gasteiger partial charge in [-0.25, -0.2) is 14.8 Å². The zero-order valence-corrected chi connectivity index (χ0v) is 25.0. The first kappa shape index (κ1) is 29.2. The van der Waals surface area contributed by atoms with Crippen molar-refractivity contribution >= 4 is 23.0 Å². The van der Waals surface area contributed by atoms with Gasteiger partial charge in [-0.1, -0.05) is 60.2 Å². The van der Waals surface area contributed by atoms with Crippen LogP contribution in [0.5, 0.6) is 0 Å². The molecule has 1 aliphatic carbocycles. The summed E-state index contributed by atoms with van der Waals surface area (Å²) < 4.78 is 5.37. The van der Waals surface area contributed by atoms with Gasteiger partial charge < -0.3 is 15.0 Å². The molecule has 1 heterocycles. The molecular formula is C35H40N4O3. The number of benzene rings is 3. The summed E-state index contributed by atoms with van der Waals surface area (Å²) in [5, 5.41) is 2.83. The lowest BCUT2D eigenvalue weighted by Gasteiger charge is -2.29. The van der Waals surface area contributed by atoms with Gasteiger partial charge in [-0.05, 0) is 76.8 Å². The Morgan fingerprint density at radius 3 is 2.19 bits per heavy atom. The first-order valence-electron chi connectivity index (χ1n) is 14.7. The monoisotopic (exact) mass is 564 g/mol. The number of hydrogen-bond donors (Lipinski definition) is 1. The van der Waals surface area contributed by atoms with Gasteiger partial charge in [-0.3, -0.25) is 4.79 Å². The maximum atomic E-state index is 13.9. The van der Waals surface area contributed by atoms with E-state index < -0.39 is 11.7 Å². The number of amides is 2. The van der Waals surface area contributed by atoms with Gasteiger partial charge in [-0.15, -0.1) is 0 Å². The Morgan fingerprint density at radius 2 is 1.55 bits per heavy atom. The molecule has 3 aromatic carbocycles. The number of carbonyl (C=O) groups is 2. The number of aromatic nitrogens is 2. The van der Waals surface area contributed by atoms with Crippen LogP contribution >= 0.6 is 0 Å². The molecule has 1 aliphatic rings. The zero-order valence-electron chi connectivity index (χ0n) is 25.0. The first-order valence-corrected chi connectivity index (χ1v) is 14.7. The van der Waals surface area contributed by atoms with E-state index in [0.717, 1.165) is 40.8 Å². The van der Waals surface area contributed by atoms with Crippen molar-refractivity contribution in [2.24, 2.45) is 0 Å². The molecule has 0 spiro atoms. The summed E-state index contributed by atoms with van der Waals surface area (Å²) in [7, 11) is 0. The van der Waals surface area contributed by atoms with E-state index in [4.69, 9.17) is 14.7 Å². The number of nitrogens with zero attached hydrogens (tertiary/aromatic N) is 3. The van der Waals surface area contributed by atoms with Gasteiger partial charge in [0.2, 0.25) is 0 Å². The summed E-state index contributed by atoms with van der Waals surface area (Å²) in [5.41, 5.74) is 5.82. The van der Waals surface area contributed by atoms with Gasteiger partial charge in [0.1, 0.15) is 5.60 Å². The number of para-hydroxylation sites is 2. The molecular weight excluding hydrogens is 524 g/mol. The normalized spacial score (nSPS) is 13.9. The molecule has 0 radical (unpaired) electrons. The molecule has 1 saturated carbocycles. The number of nitrogens with one attached hydrogen (secondary N) is 1. The third-order valence-electron chi connectivity index (χ3n) is 7.57. The standard InChI is InChI=1S/C35H40N4O3/c1-25-15-17-27(18-16-25)32(40)39(22-10-21-36-33(41)42-34(2,3)4)24-35(19-20-35)31-30(23-26-11-6-5-7-12-26)37-28-13-8-9-14-29(28)38-31/h5-9,11-18H,10,19-24H2,1-4H3,(H,36,41). The lowest BCUT2D eigenvalue weighted by Crippen LogP contribution is -2.40. The number of hydrogen-bond acceptors (Lipinski definition) is 5. The van der Waals surface area contributed by atoms with Crippen LogP contribution in [0.15, 0.2) is 78.9 Å². The fraction of sp³-hybridized carbons (Fsp3) is 0.371. The van der Waals surface area contributed by atoms with Crippen LogP contribution in [-0.4, -0.2) is 52.1 Å². The topological polar surface area (TPSA) is 84.4 Å².